The van der Waals surface area contributed by atoms with Gasteiger partial charge in [0.15, 0.2) is 0 Å². The van der Waals surface area contributed by atoms with Crippen LogP contribution in [0.1, 0.15) is 31.2 Å². The largest absolute Gasteiger partial charge is 0.356 e. The van der Waals surface area contributed by atoms with Gasteiger partial charge in [0.25, 0.3) is 0 Å². The van der Waals surface area contributed by atoms with Gasteiger partial charge in [-0.15, -0.1) is 0 Å². The first-order valence-corrected chi connectivity index (χ1v) is 7.61. The van der Waals surface area contributed by atoms with E-state index in [1.54, 1.807) is 0 Å². The van der Waals surface area contributed by atoms with Gasteiger partial charge in [-0.1, -0.05) is 31.0 Å². The van der Waals surface area contributed by atoms with Gasteiger partial charge >= 0.3 is 0 Å². The van der Waals surface area contributed by atoms with E-state index < -0.39 is 0 Å². The maximum absolute atomic E-state index is 5.78. The Hall–Kier alpha value is -1.61. The van der Waals surface area contributed by atoms with E-state index in [-0.39, 0.29) is 0 Å². The lowest BCUT2D eigenvalue weighted by molar-refractivity contribution is 0.644. The lowest BCUT2D eigenvalue weighted by Gasteiger charge is -2.28. The van der Waals surface area contributed by atoms with Crippen LogP contribution >= 0.6 is 0 Å². The van der Waals surface area contributed by atoms with E-state index in [9.17, 15) is 0 Å². The Morgan fingerprint density at radius 1 is 1.25 bits per heavy atom. The third-order valence-corrected chi connectivity index (χ3v) is 4.40. The van der Waals surface area contributed by atoms with Gasteiger partial charge in [0.1, 0.15) is 5.82 Å². The molecule has 106 valence electrons. The fourth-order valence-corrected chi connectivity index (χ4v) is 3.26. The van der Waals surface area contributed by atoms with Crippen LogP contribution in [0.5, 0.6) is 0 Å². The molecule has 1 saturated carbocycles. The molecule has 0 unspecified atom stereocenters. The molecule has 0 atom stereocenters. The molecule has 2 aromatic rings. The molecule has 2 N–H and O–H groups in total. The molecular weight excluding hydrogens is 246 g/mol. The van der Waals surface area contributed by atoms with Crippen LogP contribution in [0.15, 0.2) is 30.3 Å². The summed E-state index contributed by atoms with van der Waals surface area (Å²) < 4.78 is 0. The maximum Gasteiger partial charge on any atom is 0.132 e. The number of nitrogens with zero attached hydrogens (tertiary/aromatic N) is 2. The van der Waals surface area contributed by atoms with E-state index in [0.29, 0.717) is 12.6 Å². The van der Waals surface area contributed by atoms with Gasteiger partial charge in [0.05, 0.1) is 5.52 Å². The molecule has 1 aromatic carbocycles. The summed E-state index contributed by atoms with van der Waals surface area (Å²) in [5.74, 6) is 1.13. The molecular formula is C17H23N3. The molecule has 1 aliphatic rings. The second-order valence-corrected chi connectivity index (χ2v) is 5.75. The standard InChI is InChI=1S/C17H23N3/c1-20(15-7-3-4-8-15)17-14(10-11-18)12-13-6-2-5-9-16(13)19-17/h2,5-6,9,12,15H,3-4,7-8,10-11,18H2,1H3. The predicted octanol–water partition coefficient (Wildman–Crippen LogP) is 3.11. The number of anilines is 1. The van der Waals surface area contributed by atoms with Crippen molar-refractivity contribution in [3.8, 4) is 0 Å². The van der Waals surface area contributed by atoms with Crippen LogP contribution in [0.25, 0.3) is 10.9 Å². The van der Waals surface area contributed by atoms with Crippen molar-refractivity contribution in [2.24, 2.45) is 5.73 Å². The van der Waals surface area contributed by atoms with Crippen LogP contribution in [-0.2, 0) is 6.42 Å². The number of benzene rings is 1. The minimum atomic E-state index is 0.639. The average Bonchev–Trinajstić information content (AvgIpc) is 3.00. The zero-order valence-electron chi connectivity index (χ0n) is 12.2. The molecule has 3 rings (SSSR count). The zero-order chi connectivity index (χ0) is 13.9. The van der Waals surface area contributed by atoms with Crippen molar-refractivity contribution < 1.29 is 0 Å². The van der Waals surface area contributed by atoms with Crippen LogP contribution in [-0.4, -0.2) is 24.6 Å². The SMILES string of the molecule is CN(c1nc2ccccc2cc1CCN)C1CCCC1. The van der Waals surface area contributed by atoms with E-state index in [1.165, 1.54) is 36.6 Å². The fourth-order valence-electron chi connectivity index (χ4n) is 3.26. The second-order valence-electron chi connectivity index (χ2n) is 5.75. The molecule has 0 amide bonds. The summed E-state index contributed by atoms with van der Waals surface area (Å²) in [6.07, 6.45) is 6.15. The number of nitrogens with two attached hydrogens (primary N) is 1. The molecule has 0 aliphatic heterocycles. The highest BCUT2D eigenvalue weighted by atomic mass is 15.2. The number of para-hydroxylation sites is 1. The summed E-state index contributed by atoms with van der Waals surface area (Å²) in [7, 11) is 2.19. The predicted molar refractivity (Wildman–Crippen MR) is 85.2 cm³/mol. The van der Waals surface area contributed by atoms with Gasteiger partial charge in [-0.25, -0.2) is 4.98 Å². The number of hydrogen-bond acceptors (Lipinski definition) is 3. The lowest BCUT2D eigenvalue weighted by Crippen LogP contribution is -2.30. The summed E-state index contributed by atoms with van der Waals surface area (Å²) in [6, 6.07) is 11.2. The third kappa shape index (κ3) is 2.50. The van der Waals surface area contributed by atoms with Crippen molar-refractivity contribution >= 4 is 16.7 Å². The Bertz CT molecular complexity index is 588. The van der Waals surface area contributed by atoms with E-state index in [2.05, 4.69) is 42.3 Å². The number of rotatable bonds is 4. The Balaban J connectivity index is 2.03. The van der Waals surface area contributed by atoms with Crippen LogP contribution in [0.2, 0.25) is 0 Å². The van der Waals surface area contributed by atoms with Crippen molar-refractivity contribution in [2.45, 2.75) is 38.1 Å². The van der Waals surface area contributed by atoms with Gasteiger partial charge in [0, 0.05) is 18.5 Å². The lowest BCUT2D eigenvalue weighted by atomic mass is 10.1. The van der Waals surface area contributed by atoms with E-state index in [4.69, 9.17) is 10.7 Å². The molecule has 1 aliphatic carbocycles. The summed E-state index contributed by atoms with van der Waals surface area (Å²) in [6.45, 7) is 0.672. The molecule has 0 spiro atoms. The molecule has 1 heterocycles. The minimum Gasteiger partial charge on any atom is -0.356 e. The minimum absolute atomic E-state index is 0.639. The number of aromatic nitrogens is 1. The van der Waals surface area contributed by atoms with E-state index in [0.717, 1.165) is 17.8 Å². The van der Waals surface area contributed by atoms with Crippen LogP contribution in [0, 0.1) is 0 Å². The van der Waals surface area contributed by atoms with Crippen molar-refractivity contribution in [3.63, 3.8) is 0 Å². The zero-order valence-corrected chi connectivity index (χ0v) is 12.2. The quantitative estimate of drug-likeness (QED) is 0.927. The van der Waals surface area contributed by atoms with Crippen LogP contribution in [0.4, 0.5) is 5.82 Å². The normalized spacial score (nSPS) is 15.9. The van der Waals surface area contributed by atoms with Crippen LogP contribution < -0.4 is 10.6 Å². The summed E-state index contributed by atoms with van der Waals surface area (Å²) >= 11 is 0. The van der Waals surface area contributed by atoms with Gasteiger partial charge < -0.3 is 10.6 Å². The summed E-state index contributed by atoms with van der Waals surface area (Å²) in [5.41, 5.74) is 8.14. The monoisotopic (exact) mass is 269 g/mol. The topological polar surface area (TPSA) is 42.2 Å². The highest BCUT2D eigenvalue weighted by molar-refractivity contribution is 5.81. The summed E-state index contributed by atoms with van der Waals surface area (Å²) in [4.78, 5) is 7.29. The molecule has 20 heavy (non-hydrogen) atoms. The smallest absolute Gasteiger partial charge is 0.132 e. The Labute approximate surface area is 120 Å². The molecule has 0 radical (unpaired) electrons. The van der Waals surface area contributed by atoms with Gasteiger partial charge in [-0.05, 0) is 43.5 Å². The number of fused-ring (bicyclic) bond motifs is 1. The second kappa shape index (κ2) is 5.80. The van der Waals surface area contributed by atoms with E-state index >= 15 is 0 Å². The summed E-state index contributed by atoms with van der Waals surface area (Å²) in [5, 5.41) is 1.21. The first-order valence-electron chi connectivity index (χ1n) is 7.61. The Morgan fingerprint density at radius 2 is 2.00 bits per heavy atom. The molecule has 0 bridgehead atoms. The number of pyridine rings is 1. The van der Waals surface area contributed by atoms with Crippen molar-refractivity contribution in [1.29, 1.82) is 0 Å². The fraction of sp³-hybridized carbons (Fsp3) is 0.471. The third-order valence-electron chi connectivity index (χ3n) is 4.40. The first-order chi connectivity index (χ1) is 9.79. The van der Waals surface area contributed by atoms with Gasteiger partial charge in [0.2, 0.25) is 0 Å². The molecule has 1 fully saturated rings. The van der Waals surface area contributed by atoms with E-state index in [1.807, 2.05) is 0 Å². The van der Waals surface area contributed by atoms with Crippen molar-refractivity contribution in [1.82, 2.24) is 4.98 Å². The maximum atomic E-state index is 5.78. The van der Waals surface area contributed by atoms with Crippen LogP contribution in [0.3, 0.4) is 0 Å². The molecule has 0 saturated heterocycles. The molecule has 1 aromatic heterocycles. The van der Waals surface area contributed by atoms with Crippen molar-refractivity contribution in [3.05, 3.63) is 35.9 Å². The number of hydrogen-bond donors (Lipinski definition) is 1. The molecule has 3 nitrogen and oxygen atoms in total. The highest BCUT2D eigenvalue weighted by Crippen LogP contribution is 2.30. The van der Waals surface area contributed by atoms with Gasteiger partial charge in [-0.3, -0.25) is 0 Å². The first kappa shape index (κ1) is 13.4. The Kier molecular flexibility index (Phi) is 3.88. The van der Waals surface area contributed by atoms with Crippen molar-refractivity contribution in [2.75, 3.05) is 18.5 Å². The van der Waals surface area contributed by atoms with Gasteiger partial charge in [-0.2, -0.15) is 0 Å². The highest BCUT2D eigenvalue weighted by Gasteiger charge is 2.22. The Morgan fingerprint density at radius 3 is 2.75 bits per heavy atom. The molecule has 3 heteroatoms. The average molecular weight is 269 g/mol.